The Morgan fingerprint density at radius 1 is 0.742 bits per heavy atom. The van der Waals surface area contributed by atoms with E-state index in [1.165, 1.54) is 17.4 Å². The summed E-state index contributed by atoms with van der Waals surface area (Å²) < 4.78 is 0. The Hall–Kier alpha value is -4.04. The Morgan fingerprint density at radius 3 is 1.71 bits per heavy atom. The van der Waals surface area contributed by atoms with Crippen LogP contribution in [0.2, 0.25) is 0 Å². The molecule has 4 rings (SSSR count). The van der Waals surface area contributed by atoms with E-state index in [2.05, 4.69) is 21.0 Å². The van der Waals surface area contributed by atoms with Crippen molar-refractivity contribution < 1.29 is 14.4 Å². The van der Waals surface area contributed by atoms with Crippen molar-refractivity contribution in [2.24, 2.45) is 0 Å². The molecule has 156 valence electrons. The van der Waals surface area contributed by atoms with Gasteiger partial charge in [0.1, 0.15) is 12.1 Å². The van der Waals surface area contributed by atoms with Crippen LogP contribution in [0.15, 0.2) is 85.2 Å². The average molecular weight is 415 g/mol. The van der Waals surface area contributed by atoms with Crippen LogP contribution in [0.4, 0.5) is 11.4 Å². The number of nitrogens with zero attached hydrogens (tertiary/aromatic N) is 2. The van der Waals surface area contributed by atoms with Gasteiger partial charge in [-0.25, -0.2) is 0 Å². The normalized spacial score (nSPS) is 17.8. The summed E-state index contributed by atoms with van der Waals surface area (Å²) >= 11 is 0. The van der Waals surface area contributed by atoms with Gasteiger partial charge in [-0.2, -0.15) is 5.01 Å². The predicted octanol–water partition coefficient (Wildman–Crippen LogP) is 2.45. The van der Waals surface area contributed by atoms with Crippen LogP contribution in [0.3, 0.4) is 0 Å². The lowest BCUT2D eigenvalue weighted by Crippen LogP contribution is -2.70. The van der Waals surface area contributed by atoms with Gasteiger partial charge in [-0.15, -0.1) is 0 Å². The summed E-state index contributed by atoms with van der Waals surface area (Å²) in [7, 11) is 0. The fourth-order valence-corrected chi connectivity index (χ4v) is 3.32. The lowest BCUT2D eigenvalue weighted by atomic mass is 9.93. The molecule has 3 amide bonds. The van der Waals surface area contributed by atoms with Gasteiger partial charge in [0.05, 0.1) is 0 Å². The van der Waals surface area contributed by atoms with Crippen molar-refractivity contribution in [2.75, 3.05) is 10.6 Å². The molecule has 2 unspecified atom stereocenters. The fraction of sp³-hybridized carbons (Fsp3) is 0.130. The van der Waals surface area contributed by atoms with Crippen LogP contribution in [0.5, 0.6) is 0 Å². The Kier molecular flexibility index (Phi) is 6.00. The molecule has 0 bridgehead atoms. The van der Waals surface area contributed by atoms with Crippen LogP contribution < -0.4 is 16.1 Å². The molecular weight excluding hydrogens is 394 g/mol. The maximum absolute atomic E-state index is 12.8. The Balaban J connectivity index is 1.49. The predicted molar refractivity (Wildman–Crippen MR) is 116 cm³/mol. The van der Waals surface area contributed by atoms with Gasteiger partial charge in [0.15, 0.2) is 0 Å². The molecule has 8 nitrogen and oxygen atoms in total. The lowest BCUT2D eigenvalue weighted by Gasteiger charge is -2.45. The highest BCUT2D eigenvalue weighted by Gasteiger charge is 2.48. The summed E-state index contributed by atoms with van der Waals surface area (Å²) in [6, 6.07) is 19.8. The number of benzene rings is 2. The van der Waals surface area contributed by atoms with Crippen molar-refractivity contribution in [1.82, 2.24) is 15.4 Å². The molecule has 3 aromatic rings. The van der Waals surface area contributed by atoms with Gasteiger partial charge in [0.25, 0.3) is 5.91 Å². The second kappa shape index (κ2) is 9.19. The second-order valence-electron chi connectivity index (χ2n) is 7.06. The number of rotatable bonds is 6. The Bertz CT molecular complexity index is 1000. The monoisotopic (exact) mass is 415 g/mol. The van der Waals surface area contributed by atoms with Crippen LogP contribution in [0.1, 0.15) is 16.8 Å². The van der Waals surface area contributed by atoms with E-state index >= 15 is 0 Å². The molecule has 1 aliphatic rings. The zero-order chi connectivity index (χ0) is 21.6. The first-order valence-electron chi connectivity index (χ1n) is 9.83. The van der Waals surface area contributed by atoms with E-state index in [9.17, 15) is 14.4 Å². The molecule has 8 heteroatoms. The van der Waals surface area contributed by atoms with Gasteiger partial charge >= 0.3 is 0 Å². The van der Waals surface area contributed by atoms with Crippen molar-refractivity contribution in [3.63, 3.8) is 0 Å². The number of hydrazine groups is 1. The van der Waals surface area contributed by atoms with E-state index in [-0.39, 0.29) is 18.2 Å². The molecule has 2 heterocycles. The van der Waals surface area contributed by atoms with Gasteiger partial charge in [-0.3, -0.25) is 24.8 Å². The Labute approximate surface area is 179 Å². The standard InChI is InChI=1S/C23H21N5O3/c29-21(16-11-13-24-14-12-16)27-28-19(22(30)25-17-7-3-1-4-8-17)15-20(28)23(31)26-18-9-5-2-6-10-18/h1-14,19-20H,15H2,(H,25,30)(H,26,31)(H,27,29). The van der Waals surface area contributed by atoms with E-state index in [0.29, 0.717) is 16.9 Å². The molecule has 3 N–H and O–H groups in total. The zero-order valence-electron chi connectivity index (χ0n) is 16.6. The highest BCUT2D eigenvalue weighted by Crippen LogP contribution is 2.26. The minimum Gasteiger partial charge on any atom is -0.325 e. The smallest absolute Gasteiger partial charge is 0.265 e. The van der Waals surface area contributed by atoms with E-state index < -0.39 is 18.0 Å². The molecule has 2 aromatic carbocycles. The van der Waals surface area contributed by atoms with Crippen molar-refractivity contribution in [3.8, 4) is 0 Å². The first-order chi connectivity index (χ1) is 15.1. The molecule has 1 fully saturated rings. The van der Waals surface area contributed by atoms with Crippen molar-refractivity contribution >= 4 is 29.1 Å². The van der Waals surface area contributed by atoms with Crippen LogP contribution in [-0.2, 0) is 9.59 Å². The molecular formula is C23H21N5O3. The van der Waals surface area contributed by atoms with Crippen molar-refractivity contribution in [2.45, 2.75) is 18.5 Å². The third-order valence-electron chi connectivity index (χ3n) is 4.98. The molecule has 1 saturated heterocycles. The van der Waals surface area contributed by atoms with Gasteiger partial charge in [0.2, 0.25) is 11.8 Å². The van der Waals surface area contributed by atoms with Crippen LogP contribution in [0, 0.1) is 0 Å². The molecule has 0 saturated carbocycles. The third kappa shape index (κ3) is 4.76. The molecule has 31 heavy (non-hydrogen) atoms. The SMILES string of the molecule is O=C(NN1C(C(=O)Nc2ccccc2)CC1C(=O)Nc1ccccc1)c1ccncc1. The van der Waals surface area contributed by atoms with Crippen LogP contribution in [-0.4, -0.2) is 39.8 Å². The minimum atomic E-state index is -0.683. The van der Waals surface area contributed by atoms with E-state index in [0.717, 1.165) is 0 Å². The van der Waals surface area contributed by atoms with E-state index in [4.69, 9.17) is 0 Å². The number of nitrogens with one attached hydrogen (secondary N) is 3. The summed E-state index contributed by atoms with van der Waals surface area (Å²) in [4.78, 5) is 42.2. The summed E-state index contributed by atoms with van der Waals surface area (Å²) in [6.45, 7) is 0. The van der Waals surface area contributed by atoms with Gasteiger partial charge in [-0.05, 0) is 36.4 Å². The maximum Gasteiger partial charge on any atom is 0.265 e. The molecule has 0 aliphatic carbocycles. The highest BCUT2D eigenvalue weighted by atomic mass is 16.2. The van der Waals surface area contributed by atoms with Gasteiger partial charge < -0.3 is 10.6 Å². The molecule has 0 spiro atoms. The number of pyridine rings is 1. The molecule has 1 aliphatic heterocycles. The first-order valence-corrected chi connectivity index (χ1v) is 9.83. The fourth-order valence-electron chi connectivity index (χ4n) is 3.32. The summed E-state index contributed by atoms with van der Waals surface area (Å²) in [5, 5.41) is 7.05. The number of para-hydroxylation sites is 2. The number of hydrogen-bond acceptors (Lipinski definition) is 5. The number of aromatic nitrogens is 1. The lowest BCUT2D eigenvalue weighted by molar-refractivity contribution is -0.141. The second-order valence-corrected chi connectivity index (χ2v) is 7.06. The first kappa shape index (κ1) is 20.2. The number of carbonyl (C=O) groups excluding carboxylic acids is 3. The van der Waals surface area contributed by atoms with Crippen LogP contribution >= 0.6 is 0 Å². The maximum atomic E-state index is 12.8. The largest absolute Gasteiger partial charge is 0.325 e. The minimum absolute atomic E-state index is 0.272. The average Bonchev–Trinajstić information content (AvgIpc) is 2.78. The van der Waals surface area contributed by atoms with E-state index in [1.807, 2.05) is 36.4 Å². The number of anilines is 2. The molecule has 2 atom stereocenters. The van der Waals surface area contributed by atoms with Gasteiger partial charge in [-0.1, -0.05) is 36.4 Å². The number of carbonyl (C=O) groups is 3. The van der Waals surface area contributed by atoms with E-state index in [1.54, 1.807) is 36.4 Å². The third-order valence-corrected chi connectivity index (χ3v) is 4.98. The summed E-state index contributed by atoms with van der Waals surface area (Å²) in [5.41, 5.74) is 4.38. The zero-order valence-corrected chi connectivity index (χ0v) is 16.6. The quantitative estimate of drug-likeness (QED) is 0.574. The molecule has 1 aromatic heterocycles. The summed E-state index contributed by atoms with van der Waals surface area (Å²) in [5.74, 6) is -1.02. The summed E-state index contributed by atoms with van der Waals surface area (Å²) in [6.07, 6.45) is 3.28. The van der Waals surface area contributed by atoms with Crippen LogP contribution in [0.25, 0.3) is 0 Å². The molecule has 0 radical (unpaired) electrons. The number of hydrogen-bond donors (Lipinski definition) is 3. The van der Waals surface area contributed by atoms with Gasteiger partial charge in [0, 0.05) is 35.8 Å². The van der Waals surface area contributed by atoms with Crippen molar-refractivity contribution in [1.29, 1.82) is 0 Å². The highest BCUT2D eigenvalue weighted by molar-refractivity contribution is 6.02. The number of amides is 3. The topological polar surface area (TPSA) is 103 Å². The Morgan fingerprint density at radius 2 is 1.23 bits per heavy atom. The van der Waals surface area contributed by atoms with Crippen molar-refractivity contribution in [3.05, 3.63) is 90.8 Å².